The van der Waals surface area contributed by atoms with E-state index < -0.39 is 11.9 Å². The molecule has 0 unspecified atom stereocenters. The van der Waals surface area contributed by atoms with Gasteiger partial charge in [-0.1, -0.05) is 25.1 Å². The highest BCUT2D eigenvalue weighted by Gasteiger charge is 2.44. The van der Waals surface area contributed by atoms with Gasteiger partial charge in [0.25, 0.3) is 0 Å². The van der Waals surface area contributed by atoms with Crippen molar-refractivity contribution in [1.29, 1.82) is 0 Å². The molecule has 1 aliphatic carbocycles. The van der Waals surface area contributed by atoms with Crippen LogP contribution in [0.4, 0.5) is 11.4 Å². The second kappa shape index (κ2) is 6.61. The smallest absolute Gasteiger partial charge is 0.316 e. The van der Waals surface area contributed by atoms with Crippen molar-refractivity contribution in [1.82, 2.24) is 0 Å². The average molecular weight is 368 g/mol. The first-order valence-corrected chi connectivity index (χ1v) is 9.49. The number of rotatable bonds is 2. The molecule has 0 saturated heterocycles. The Hall–Kier alpha value is -2.60. The molecule has 26 heavy (non-hydrogen) atoms. The molecule has 4 rings (SSSR count). The number of hydrogen-bond acceptors (Lipinski definition) is 6. The molecule has 1 aliphatic heterocycles. The number of carbonyl (C=O) groups is 2. The van der Waals surface area contributed by atoms with Crippen molar-refractivity contribution in [2.24, 2.45) is 11.8 Å². The van der Waals surface area contributed by atoms with E-state index in [0.717, 1.165) is 21.9 Å². The lowest BCUT2D eigenvalue weighted by Gasteiger charge is -2.32. The largest absolute Gasteiger partial charge is 0.468 e. The van der Waals surface area contributed by atoms with Crippen molar-refractivity contribution in [2.75, 3.05) is 17.7 Å². The van der Waals surface area contributed by atoms with E-state index in [9.17, 15) is 9.59 Å². The maximum Gasteiger partial charge on any atom is 0.316 e. The minimum Gasteiger partial charge on any atom is -0.468 e. The maximum absolute atomic E-state index is 13.3. The average Bonchev–Trinajstić information content (AvgIpc) is 3.10. The van der Waals surface area contributed by atoms with Gasteiger partial charge in [-0.3, -0.25) is 9.59 Å². The molecular formula is C20H20N2O3S. The molecule has 0 spiro atoms. The van der Waals surface area contributed by atoms with Crippen LogP contribution in [-0.4, -0.2) is 18.9 Å². The predicted octanol–water partition coefficient (Wildman–Crippen LogP) is 3.98. The van der Waals surface area contributed by atoms with Gasteiger partial charge in [0, 0.05) is 16.1 Å². The number of anilines is 2. The molecule has 1 aromatic carbocycles. The summed E-state index contributed by atoms with van der Waals surface area (Å²) in [5.41, 5.74) is 3.40. The van der Waals surface area contributed by atoms with Crippen LogP contribution >= 0.6 is 11.3 Å². The summed E-state index contributed by atoms with van der Waals surface area (Å²) in [6.45, 7) is 1.93. The highest BCUT2D eigenvalue weighted by Crippen LogP contribution is 2.44. The summed E-state index contributed by atoms with van der Waals surface area (Å²) < 4.78 is 4.91. The first-order chi connectivity index (χ1) is 12.6. The number of allylic oxidation sites excluding steroid dienone is 1. The Morgan fingerprint density at radius 3 is 2.65 bits per heavy atom. The third-order valence-electron chi connectivity index (χ3n) is 5.05. The van der Waals surface area contributed by atoms with Gasteiger partial charge in [0.2, 0.25) is 0 Å². The van der Waals surface area contributed by atoms with E-state index in [1.165, 1.54) is 7.11 Å². The number of para-hydroxylation sites is 2. The molecule has 2 heterocycles. The molecule has 0 bridgehead atoms. The Kier molecular flexibility index (Phi) is 4.28. The highest BCUT2D eigenvalue weighted by atomic mass is 32.1. The van der Waals surface area contributed by atoms with Crippen molar-refractivity contribution < 1.29 is 14.3 Å². The first-order valence-electron chi connectivity index (χ1n) is 8.61. The Labute approximate surface area is 156 Å². The number of esters is 1. The van der Waals surface area contributed by atoms with Crippen LogP contribution in [0.2, 0.25) is 0 Å². The fourth-order valence-electron chi connectivity index (χ4n) is 3.80. The molecular weight excluding hydrogens is 348 g/mol. The van der Waals surface area contributed by atoms with Crippen molar-refractivity contribution in [2.45, 2.75) is 19.4 Å². The van der Waals surface area contributed by atoms with E-state index in [2.05, 4.69) is 10.6 Å². The van der Waals surface area contributed by atoms with Crippen LogP contribution in [0.5, 0.6) is 0 Å². The summed E-state index contributed by atoms with van der Waals surface area (Å²) >= 11 is 1.59. The lowest BCUT2D eigenvalue weighted by molar-refractivity contribution is -0.151. The number of ketones is 1. The Balaban J connectivity index is 1.86. The third kappa shape index (κ3) is 2.70. The van der Waals surface area contributed by atoms with Gasteiger partial charge in [-0.2, -0.15) is 0 Å². The van der Waals surface area contributed by atoms with Crippen LogP contribution in [0.15, 0.2) is 53.0 Å². The van der Waals surface area contributed by atoms with E-state index in [4.69, 9.17) is 4.74 Å². The highest BCUT2D eigenvalue weighted by molar-refractivity contribution is 7.10. The number of fused-ring (bicyclic) bond motifs is 1. The number of thiophene rings is 1. The number of hydrogen-bond donors (Lipinski definition) is 2. The number of Topliss-reactive ketones (excluding diaryl/α,β-unsaturated/α-hetero) is 1. The minimum absolute atomic E-state index is 0.115. The third-order valence-corrected chi connectivity index (χ3v) is 5.99. The van der Waals surface area contributed by atoms with Crippen molar-refractivity contribution in [3.63, 3.8) is 0 Å². The lowest BCUT2D eigenvalue weighted by atomic mass is 9.75. The fourth-order valence-corrected chi connectivity index (χ4v) is 4.59. The molecule has 0 radical (unpaired) electrons. The number of nitrogens with one attached hydrogen (secondary N) is 2. The first kappa shape index (κ1) is 16.8. The summed E-state index contributed by atoms with van der Waals surface area (Å²) in [6, 6.07) is 11.6. The van der Waals surface area contributed by atoms with E-state index in [1.807, 2.05) is 48.7 Å². The van der Waals surface area contributed by atoms with Gasteiger partial charge < -0.3 is 15.4 Å². The maximum atomic E-state index is 13.3. The molecule has 5 nitrogen and oxygen atoms in total. The van der Waals surface area contributed by atoms with E-state index in [1.54, 1.807) is 11.3 Å². The molecule has 0 amide bonds. The summed E-state index contributed by atoms with van der Waals surface area (Å²) in [4.78, 5) is 26.6. The Bertz CT molecular complexity index is 888. The van der Waals surface area contributed by atoms with Crippen LogP contribution in [0.3, 0.4) is 0 Å². The number of ether oxygens (including phenoxy) is 1. The van der Waals surface area contributed by atoms with Gasteiger partial charge in [-0.05, 0) is 35.9 Å². The number of carbonyl (C=O) groups excluding carboxylic acids is 2. The molecule has 2 N–H and O–H groups in total. The van der Waals surface area contributed by atoms with Crippen molar-refractivity contribution >= 4 is 34.5 Å². The summed E-state index contributed by atoms with van der Waals surface area (Å²) in [7, 11) is 1.34. The van der Waals surface area contributed by atoms with Crippen molar-refractivity contribution in [3.8, 4) is 0 Å². The van der Waals surface area contributed by atoms with E-state index >= 15 is 0 Å². The quantitative estimate of drug-likeness (QED) is 0.620. The Morgan fingerprint density at radius 1 is 1.19 bits per heavy atom. The van der Waals surface area contributed by atoms with Crippen LogP contribution in [0.1, 0.15) is 24.3 Å². The summed E-state index contributed by atoms with van der Waals surface area (Å²) in [5, 5.41) is 8.94. The zero-order valence-corrected chi connectivity index (χ0v) is 15.4. The zero-order valence-electron chi connectivity index (χ0n) is 14.6. The van der Waals surface area contributed by atoms with E-state index in [0.29, 0.717) is 12.0 Å². The molecule has 1 aromatic heterocycles. The molecule has 2 aliphatic rings. The Morgan fingerprint density at radius 2 is 1.96 bits per heavy atom. The van der Waals surface area contributed by atoms with Crippen LogP contribution < -0.4 is 10.6 Å². The van der Waals surface area contributed by atoms with E-state index in [-0.39, 0.29) is 17.7 Å². The molecule has 6 heteroatoms. The van der Waals surface area contributed by atoms with Crippen LogP contribution in [0.25, 0.3) is 0 Å². The topological polar surface area (TPSA) is 67.4 Å². The minimum atomic E-state index is -0.758. The van der Waals surface area contributed by atoms with Gasteiger partial charge in [-0.25, -0.2) is 0 Å². The summed E-state index contributed by atoms with van der Waals surface area (Å²) in [5.74, 6) is -1.49. The van der Waals surface area contributed by atoms with Crippen molar-refractivity contribution in [3.05, 3.63) is 57.9 Å². The standard InChI is InChI=1S/C20H20N2O3S/c1-11-10-14-17(19(23)16(11)20(24)25-2)18(15-8-5-9-26-15)22-13-7-4-3-6-12(13)21-14/h3-9,11,16,18,21-22H,10H2,1-2H3/t11-,16+,18+/m1/s1. The zero-order chi connectivity index (χ0) is 18.3. The van der Waals surface area contributed by atoms with Crippen LogP contribution in [0, 0.1) is 11.8 Å². The predicted molar refractivity (Wildman–Crippen MR) is 102 cm³/mol. The van der Waals surface area contributed by atoms with Gasteiger partial charge >= 0.3 is 5.97 Å². The monoisotopic (exact) mass is 368 g/mol. The summed E-state index contributed by atoms with van der Waals surface area (Å²) in [6.07, 6.45) is 0.624. The number of benzene rings is 1. The fraction of sp³-hybridized carbons (Fsp3) is 0.300. The molecule has 2 aromatic rings. The van der Waals surface area contributed by atoms with Gasteiger partial charge in [-0.15, -0.1) is 11.3 Å². The lowest BCUT2D eigenvalue weighted by Crippen LogP contribution is -2.39. The second-order valence-electron chi connectivity index (χ2n) is 6.70. The van der Waals surface area contributed by atoms with Gasteiger partial charge in [0.1, 0.15) is 5.92 Å². The molecule has 134 valence electrons. The SMILES string of the molecule is COC(=O)[C@@H]1C(=O)C2=C(C[C@H]1C)Nc1ccccc1N[C@H]2c1cccs1. The molecule has 3 atom stereocenters. The van der Waals surface area contributed by atoms with Gasteiger partial charge in [0.05, 0.1) is 24.5 Å². The second-order valence-corrected chi connectivity index (χ2v) is 7.68. The molecule has 0 fully saturated rings. The number of methoxy groups -OCH3 is 1. The molecule has 0 saturated carbocycles. The van der Waals surface area contributed by atoms with Gasteiger partial charge in [0.15, 0.2) is 5.78 Å². The van der Waals surface area contributed by atoms with Crippen LogP contribution in [-0.2, 0) is 14.3 Å². The normalized spacial score (nSPS) is 24.7.